The predicted octanol–water partition coefficient (Wildman–Crippen LogP) is 2.30. The molecule has 0 saturated heterocycles. The third-order valence-corrected chi connectivity index (χ3v) is 3.63. The molecule has 4 heteroatoms. The Hall–Kier alpha value is -1.16. The highest BCUT2D eigenvalue weighted by Crippen LogP contribution is 2.31. The Morgan fingerprint density at radius 1 is 1.40 bits per heavy atom. The van der Waals surface area contributed by atoms with Gasteiger partial charge in [-0.1, -0.05) is 51.4 Å². The van der Waals surface area contributed by atoms with Crippen LogP contribution in [0.25, 0.3) is 0 Å². The lowest BCUT2D eigenvalue weighted by atomic mass is 9.96. The van der Waals surface area contributed by atoms with Gasteiger partial charge in [-0.15, -0.1) is 0 Å². The number of carbonyl (C=O) groups excluding carboxylic acids is 1. The van der Waals surface area contributed by atoms with Crippen LogP contribution in [0.15, 0.2) is 35.5 Å². The molecular weight excluding hydrogens is 258 g/mol. The van der Waals surface area contributed by atoms with Gasteiger partial charge >= 0.3 is 5.97 Å². The Morgan fingerprint density at radius 3 is 2.60 bits per heavy atom. The molecule has 0 bridgehead atoms. The van der Waals surface area contributed by atoms with Crippen molar-refractivity contribution >= 4 is 27.6 Å². The van der Waals surface area contributed by atoms with Crippen LogP contribution in [-0.2, 0) is 16.1 Å². The van der Waals surface area contributed by atoms with E-state index >= 15 is 0 Å². The van der Waals surface area contributed by atoms with E-state index in [9.17, 15) is 4.79 Å². The first-order valence-corrected chi connectivity index (χ1v) is 5.41. The van der Waals surface area contributed by atoms with Gasteiger partial charge in [0.1, 0.15) is 0 Å². The zero-order chi connectivity index (χ0) is 10.9. The molecular formula is C11H10BrNO2. The smallest absolute Gasteiger partial charge is 0.316 e. The topological polar surface area (TPSA) is 38.7 Å². The van der Waals surface area contributed by atoms with Crippen LogP contribution in [0.4, 0.5) is 0 Å². The lowest BCUT2D eigenvalue weighted by Gasteiger charge is -2.16. The molecule has 0 N–H and O–H groups in total. The second-order valence-corrected chi connectivity index (χ2v) is 4.87. The van der Waals surface area contributed by atoms with Gasteiger partial charge in [0.05, 0.1) is 5.71 Å². The van der Waals surface area contributed by atoms with Crippen LogP contribution in [0.2, 0.25) is 0 Å². The summed E-state index contributed by atoms with van der Waals surface area (Å²) in [6.45, 7) is 1.78. The van der Waals surface area contributed by atoms with Gasteiger partial charge in [-0.3, -0.25) is 0 Å². The predicted molar refractivity (Wildman–Crippen MR) is 61.0 cm³/mol. The second kappa shape index (κ2) is 3.77. The summed E-state index contributed by atoms with van der Waals surface area (Å²) in [5.74, 6) is -0.344. The van der Waals surface area contributed by atoms with Crippen LogP contribution in [-0.4, -0.2) is 16.0 Å². The zero-order valence-electron chi connectivity index (χ0n) is 8.24. The minimum atomic E-state index is -0.783. The van der Waals surface area contributed by atoms with Gasteiger partial charge in [-0.25, -0.2) is 4.79 Å². The molecule has 3 nitrogen and oxygen atoms in total. The van der Waals surface area contributed by atoms with E-state index in [0.29, 0.717) is 12.1 Å². The van der Waals surface area contributed by atoms with Crippen molar-refractivity contribution in [3.8, 4) is 0 Å². The molecule has 15 heavy (non-hydrogen) atoms. The van der Waals surface area contributed by atoms with E-state index in [1.165, 1.54) is 0 Å². The van der Waals surface area contributed by atoms with E-state index in [2.05, 4.69) is 25.9 Å². The van der Waals surface area contributed by atoms with Gasteiger partial charge in [-0.2, -0.15) is 0 Å². The first kappa shape index (κ1) is 10.4. The van der Waals surface area contributed by atoms with Crippen molar-refractivity contribution in [3.63, 3.8) is 0 Å². The molecule has 1 heterocycles. The van der Waals surface area contributed by atoms with E-state index < -0.39 is 4.32 Å². The fourth-order valence-electron chi connectivity index (χ4n) is 1.48. The van der Waals surface area contributed by atoms with Crippen molar-refractivity contribution < 1.29 is 9.63 Å². The zero-order valence-corrected chi connectivity index (χ0v) is 9.82. The summed E-state index contributed by atoms with van der Waals surface area (Å²) in [6.07, 6.45) is 0.558. The summed E-state index contributed by atoms with van der Waals surface area (Å²) in [4.78, 5) is 16.2. The number of benzene rings is 1. The van der Waals surface area contributed by atoms with Crippen molar-refractivity contribution in [1.29, 1.82) is 0 Å². The summed E-state index contributed by atoms with van der Waals surface area (Å²) in [7, 11) is 0. The Labute approximate surface area is 96.2 Å². The normalized spacial score (nSPS) is 24.9. The van der Waals surface area contributed by atoms with Crippen LogP contribution in [0.5, 0.6) is 0 Å². The van der Waals surface area contributed by atoms with Gasteiger partial charge in [0.2, 0.25) is 0 Å². The van der Waals surface area contributed by atoms with E-state index in [-0.39, 0.29) is 5.97 Å². The largest absolute Gasteiger partial charge is 0.357 e. The highest BCUT2D eigenvalue weighted by molar-refractivity contribution is 9.10. The average Bonchev–Trinajstić information content (AvgIpc) is 2.48. The lowest BCUT2D eigenvalue weighted by molar-refractivity contribution is -0.141. The number of halogens is 1. The summed E-state index contributed by atoms with van der Waals surface area (Å²) >= 11 is 3.41. The average molecular weight is 268 g/mol. The third-order valence-electron chi connectivity index (χ3n) is 2.45. The Kier molecular flexibility index (Phi) is 2.61. The Bertz CT molecular complexity index is 416. The molecule has 1 aliphatic heterocycles. The number of oxime groups is 1. The number of nitrogens with zero attached hydrogens (tertiary/aromatic N) is 1. The minimum absolute atomic E-state index is 0.344. The molecule has 1 atom stereocenters. The standard InChI is InChI=1S/C11H10BrNO2/c1-8-11(12,10(14)15-13-8)7-9-5-3-2-4-6-9/h2-6H,7H2,1H3. The van der Waals surface area contributed by atoms with Crippen molar-refractivity contribution in [2.45, 2.75) is 17.7 Å². The van der Waals surface area contributed by atoms with Crippen LogP contribution in [0.1, 0.15) is 12.5 Å². The van der Waals surface area contributed by atoms with Crippen molar-refractivity contribution in [3.05, 3.63) is 35.9 Å². The molecule has 1 aromatic carbocycles. The molecule has 0 saturated carbocycles. The number of hydrogen-bond acceptors (Lipinski definition) is 3. The van der Waals surface area contributed by atoms with Gasteiger partial charge in [0.25, 0.3) is 0 Å². The van der Waals surface area contributed by atoms with E-state index in [1.807, 2.05) is 30.3 Å². The Morgan fingerprint density at radius 2 is 2.07 bits per heavy atom. The molecule has 1 aliphatic rings. The number of carbonyl (C=O) groups is 1. The van der Waals surface area contributed by atoms with Crippen molar-refractivity contribution in [2.24, 2.45) is 5.16 Å². The maximum atomic E-state index is 11.5. The van der Waals surface area contributed by atoms with Crippen molar-refractivity contribution in [1.82, 2.24) is 0 Å². The monoisotopic (exact) mass is 267 g/mol. The van der Waals surface area contributed by atoms with Crippen LogP contribution < -0.4 is 0 Å². The van der Waals surface area contributed by atoms with Crippen LogP contribution in [0, 0.1) is 0 Å². The summed E-state index contributed by atoms with van der Waals surface area (Å²) in [6, 6.07) is 9.78. The van der Waals surface area contributed by atoms with E-state index in [4.69, 9.17) is 0 Å². The molecule has 78 valence electrons. The van der Waals surface area contributed by atoms with E-state index in [1.54, 1.807) is 6.92 Å². The highest BCUT2D eigenvalue weighted by atomic mass is 79.9. The molecule has 0 spiro atoms. The summed E-state index contributed by atoms with van der Waals surface area (Å²) < 4.78 is -0.783. The first-order chi connectivity index (χ1) is 7.13. The first-order valence-electron chi connectivity index (χ1n) is 4.62. The number of hydrogen-bond donors (Lipinski definition) is 0. The molecule has 0 fully saturated rings. The fourth-order valence-corrected chi connectivity index (χ4v) is 1.95. The molecule has 0 amide bonds. The third kappa shape index (κ3) is 1.81. The van der Waals surface area contributed by atoms with Gasteiger partial charge < -0.3 is 4.84 Å². The van der Waals surface area contributed by atoms with Gasteiger partial charge in [0.15, 0.2) is 4.32 Å². The minimum Gasteiger partial charge on any atom is -0.316 e. The SMILES string of the molecule is CC1=NOC(=O)C1(Br)Cc1ccccc1. The van der Waals surface area contributed by atoms with Gasteiger partial charge in [0, 0.05) is 6.42 Å². The van der Waals surface area contributed by atoms with E-state index in [0.717, 1.165) is 5.56 Å². The maximum absolute atomic E-state index is 11.5. The number of alkyl halides is 1. The fraction of sp³-hybridized carbons (Fsp3) is 0.273. The Balaban J connectivity index is 2.25. The van der Waals surface area contributed by atoms with Gasteiger partial charge in [-0.05, 0) is 12.5 Å². The number of rotatable bonds is 2. The summed E-state index contributed by atoms with van der Waals surface area (Å²) in [5.41, 5.74) is 1.74. The highest BCUT2D eigenvalue weighted by Gasteiger charge is 2.45. The molecule has 1 unspecified atom stereocenters. The molecule has 0 aromatic heterocycles. The summed E-state index contributed by atoms with van der Waals surface area (Å²) in [5, 5.41) is 3.69. The van der Waals surface area contributed by atoms with Crippen molar-refractivity contribution in [2.75, 3.05) is 0 Å². The second-order valence-electron chi connectivity index (χ2n) is 3.52. The molecule has 1 aromatic rings. The molecule has 2 rings (SSSR count). The quantitative estimate of drug-likeness (QED) is 0.609. The molecule has 0 radical (unpaired) electrons. The van der Waals surface area contributed by atoms with Crippen LogP contribution in [0.3, 0.4) is 0 Å². The maximum Gasteiger partial charge on any atom is 0.357 e. The lowest BCUT2D eigenvalue weighted by Crippen LogP contribution is -2.37. The molecule has 0 aliphatic carbocycles. The van der Waals surface area contributed by atoms with Crippen LogP contribution >= 0.6 is 15.9 Å².